The van der Waals surface area contributed by atoms with Crippen molar-refractivity contribution in [3.8, 4) is 11.5 Å². The number of benzene rings is 6. The normalized spacial score (nSPS) is 13.9. The van der Waals surface area contributed by atoms with Gasteiger partial charge >= 0.3 is 0 Å². The van der Waals surface area contributed by atoms with Gasteiger partial charge in [0.15, 0.2) is 7.14 Å². The summed E-state index contributed by atoms with van der Waals surface area (Å²) in [5.41, 5.74) is 4.38. The second-order valence-electron chi connectivity index (χ2n) is 12.7. The van der Waals surface area contributed by atoms with Crippen LogP contribution in [0.1, 0.15) is 54.0 Å². The van der Waals surface area contributed by atoms with Gasteiger partial charge in [0, 0.05) is 39.1 Å². The van der Waals surface area contributed by atoms with Crippen molar-refractivity contribution in [2.24, 2.45) is 0 Å². The zero-order valence-electron chi connectivity index (χ0n) is 26.7. The van der Waals surface area contributed by atoms with Gasteiger partial charge in [0.2, 0.25) is 0 Å². The average Bonchev–Trinajstić information content (AvgIpc) is 3.12. The third kappa shape index (κ3) is 5.56. The number of Topliss-reactive ketones (excluding diaryl/α,β-unsaturated/α-hetero) is 1. The number of carbonyl (C=O) groups is 1. The highest BCUT2D eigenvalue weighted by molar-refractivity contribution is 7.85. The fraction of sp³-hybridized carbons (Fsp3) is 0.140. The Bertz CT molecular complexity index is 2030. The third-order valence-corrected chi connectivity index (χ3v) is 12.5. The molecule has 1 heterocycles. The van der Waals surface area contributed by atoms with Crippen molar-refractivity contribution in [3.05, 3.63) is 186 Å². The molecule has 1 aliphatic rings. The largest absolute Gasteiger partial charge is 0.456 e. The number of carbonyl (C=O) groups excluding carboxylic acids is 1. The summed E-state index contributed by atoms with van der Waals surface area (Å²) in [6, 6.07) is 51.7. The van der Waals surface area contributed by atoms with E-state index in [1.807, 2.05) is 133 Å². The zero-order chi connectivity index (χ0) is 32.4. The summed E-state index contributed by atoms with van der Waals surface area (Å²) in [7, 11) is -3.36. The highest BCUT2D eigenvalue weighted by Crippen LogP contribution is 2.54. The van der Waals surface area contributed by atoms with Crippen LogP contribution in [0.5, 0.6) is 11.5 Å². The number of para-hydroxylation sites is 2. The predicted octanol–water partition coefficient (Wildman–Crippen LogP) is 9.09. The Balaban J connectivity index is 1.40. The van der Waals surface area contributed by atoms with Gasteiger partial charge in [-0.15, -0.1) is 0 Å². The molecule has 0 saturated carbocycles. The number of ether oxygens (including phenoxy) is 1. The van der Waals surface area contributed by atoms with E-state index >= 15 is 4.57 Å². The second kappa shape index (κ2) is 12.7. The maximum Gasteiger partial charge on any atom is 0.174 e. The fourth-order valence-corrected chi connectivity index (χ4v) is 9.74. The topological polar surface area (TPSA) is 43.4 Å². The minimum absolute atomic E-state index is 0.133. The molecule has 0 spiro atoms. The third-order valence-electron chi connectivity index (χ3n) is 9.44. The van der Waals surface area contributed by atoms with Crippen molar-refractivity contribution in [2.75, 3.05) is 0 Å². The van der Waals surface area contributed by atoms with Crippen LogP contribution in [0.4, 0.5) is 0 Å². The van der Waals surface area contributed by atoms with Crippen molar-refractivity contribution in [3.63, 3.8) is 0 Å². The molecule has 0 aliphatic carbocycles. The Morgan fingerprint density at radius 3 is 1.72 bits per heavy atom. The molecule has 4 heteroatoms. The first-order valence-electron chi connectivity index (χ1n) is 16.2. The van der Waals surface area contributed by atoms with Crippen molar-refractivity contribution < 1.29 is 14.1 Å². The number of fused-ring (bicyclic) bond motifs is 2. The Morgan fingerprint density at radius 1 is 0.617 bits per heavy atom. The molecule has 1 aliphatic heterocycles. The average molecular weight is 633 g/mol. The monoisotopic (exact) mass is 632 g/mol. The molecule has 232 valence electrons. The van der Waals surface area contributed by atoms with E-state index in [2.05, 4.69) is 38.1 Å². The molecule has 0 aromatic heterocycles. The summed E-state index contributed by atoms with van der Waals surface area (Å²) in [6.07, 6.45) is 1.06. The van der Waals surface area contributed by atoms with Crippen LogP contribution in [0, 0.1) is 0 Å². The van der Waals surface area contributed by atoms with E-state index in [4.69, 9.17) is 4.74 Å². The standard InChI is InChI=1S/C43H37O3P/c1-43(2)36-26-15-25-35(40(32-19-9-4-10-20-32)38(44)30-29-31-17-7-3-8-18-31)41(36)46-42-37(43)27-16-28-39(42)47(45,33-21-11-5-12-22-33)34-23-13-6-14-24-34/h3-28,40H,29-30H2,1-2H3. The molecule has 0 amide bonds. The molecule has 1 unspecified atom stereocenters. The molecule has 0 fully saturated rings. The van der Waals surface area contributed by atoms with Gasteiger partial charge in [-0.05, 0) is 23.6 Å². The van der Waals surface area contributed by atoms with Crippen LogP contribution >= 0.6 is 7.14 Å². The predicted molar refractivity (Wildman–Crippen MR) is 193 cm³/mol. The summed E-state index contributed by atoms with van der Waals surface area (Å²) in [4.78, 5) is 14.3. The molecule has 6 aromatic rings. The van der Waals surface area contributed by atoms with E-state index in [0.717, 1.165) is 38.4 Å². The Hall–Kier alpha value is -4.98. The number of hydrogen-bond donors (Lipinski definition) is 0. The van der Waals surface area contributed by atoms with Crippen LogP contribution in [0.15, 0.2) is 158 Å². The van der Waals surface area contributed by atoms with E-state index in [1.165, 1.54) is 0 Å². The molecule has 1 atom stereocenters. The van der Waals surface area contributed by atoms with Gasteiger partial charge in [0.1, 0.15) is 17.3 Å². The summed E-state index contributed by atoms with van der Waals surface area (Å²) >= 11 is 0. The van der Waals surface area contributed by atoms with Crippen molar-refractivity contribution >= 4 is 28.8 Å². The molecule has 3 nitrogen and oxygen atoms in total. The minimum Gasteiger partial charge on any atom is -0.456 e. The first kappa shape index (κ1) is 30.7. The molecule has 47 heavy (non-hydrogen) atoms. The number of aryl methyl sites for hydroxylation is 1. The van der Waals surface area contributed by atoms with Crippen LogP contribution in [0.2, 0.25) is 0 Å². The molecular weight excluding hydrogens is 595 g/mol. The first-order chi connectivity index (χ1) is 22.9. The summed E-state index contributed by atoms with van der Waals surface area (Å²) in [5, 5.41) is 2.16. The summed E-state index contributed by atoms with van der Waals surface area (Å²) in [6.45, 7) is 4.37. The quantitative estimate of drug-likeness (QED) is 0.149. The molecule has 7 rings (SSSR count). The summed E-state index contributed by atoms with van der Waals surface area (Å²) in [5.74, 6) is 0.895. The van der Waals surface area contributed by atoms with Crippen LogP contribution in [0.3, 0.4) is 0 Å². The van der Waals surface area contributed by atoms with Gasteiger partial charge in [-0.25, -0.2) is 0 Å². The lowest BCUT2D eigenvalue weighted by Crippen LogP contribution is -2.32. The highest BCUT2D eigenvalue weighted by atomic mass is 31.2. The maximum atomic E-state index is 15.6. The van der Waals surface area contributed by atoms with Gasteiger partial charge in [0.25, 0.3) is 0 Å². The molecule has 0 radical (unpaired) electrons. The van der Waals surface area contributed by atoms with Gasteiger partial charge in [0.05, 0.1) is 11.2 Å². The zero-order valence-corrected chi connectivity index (χ0v) is 27.6. The minimum atomic E-state index is -3.36. The van der Waals surface area contributed by atoms with Crippen LogP contribution in [-0.4, -0.2) is 5.78 Å². The highest BCUT2D eigenvalue weighted by Gasteiger charge is 2.42. The van der Waals surface area contributed by atoms with Crippen molar-refractivity contribution in [1.29, 1.82) is 0 Å². The van der Waals surface area contributed by atoms with Gasteiger partial charge in [-0.3, -0.25) is 4.79 Å². The lowest BCUT2D eigenvalue weighted by atomic mass is 9.73. The fourth-order valence-electron chi connectivity index (χ4n) is 6.95. The Morgan fingerprint density at radius 2 is 1.13 bits per heavy atom. The number of hydrogen-bond acceptors (Lipinski definition) is 3. The smallest absolute Gasteiger partial charge is 0.174 e. The van der Waals surface area contributed by atoms with Crippen molar-refractivity contribution in [1.82, 2.24) is 0 Å². The van der Waals surface area contributed by atoms with Gasteiger partial charge in [-0.1, -0.05) is 166 Å². The lowest BCUT2D eigenvalue weighted by molar-refractivity contribution is -0.119. The lowest BCUT2D eigenvalue weighted by Gasteiger charge is -2.38. The molecule has 0 bridgehead atoms. The SMILES string of the molecule is CC1(C)c2cccc(C(C(=O)CCc3ccccc3)c3ccccc3)c2Oc2c1cccc2P(=O)(c1ccccc1)c1ccccc1. The molecule has 0 N–H and O–H groups in total. The van der Waals surface area contributed by atoms with E-state index in [-0.39, 0.29) is 5.78 Å². The van der Waals surface area contributed by atoms with E-state index < -0.39 is 18.5 Å². The van der Waals surface area contributed by atoms with Crippen LogP contribution < -0.4 is 20.7 Å². The Labute approximate surface area is 277 Å². The number of ketones is 1. The molecule has 0 saturated heterocycles. The van der Waals surface area contributed by atoms with E-state index in [1.54, 1.807) is 0 Å². The second-order valence-corrected chi connectivity index (χ2v) is 15.4. The van der Waals surface area contributed by atoms with Crippen LogP contribution in [-0.2, 0) is 21.2 Å². The van der Waals surface area contributed by atoms with Crippen molar-refractivity contribution in [2.45, 2.75) is 38.0 Å². The van der Waals surface area contributed by atoms with E-state index in [0.29, 0.717) is 29.6 Å². The Kier molecular flexibility index (Phi) is 8.26. The molecule has 6 aromatic carbocycles. The molecular formula is C43H37O3P. The van der Waals surface area contributed by atoms with E-state index in [9.17, 15) is 4.79 Å². The first-order valence-corrected chi connectivity index (χ1v) is 17.9. The summed E-state index contributed by atoms with van der Waals surface area (Å²) < 4.78 is 22.7. The van der Waals surface area contributed by atoms with Gasteiger partial charge < -0.3 is 9.30 Å². The number of rotatable bonds is 9. The van der Waals surface area contributed by atoms with Crippen LogP contribution in [0.25, 0.3) is 0 Å². The van der Waals surface area contributed by atoms with Gasteiger partial charge in [-0.2, -0.15) is 0 Å². The maximum absolute atomic E-state index is 15.6.